The van der Waals surface area contributed by atoms with E-state index in [4.69, 9.17) is 11.6 Å². The molecule has 1 aromatic carbocycles. The summed E-state index contributed by atoms with van der Waals surface area (Å²) in [6.07, 6.45) is 0. The summed E-state index contributed by atoms with van der Waals surface area (Å²) < 4.78 is 1.11. The smallest absolute Gasteiger partial charge is 0.275 e. The van der Waals surface area contributed by atoms with Gasteiger partial charge in [-0.2, -0.15) is 5.10 Å². The third-order valence-corrected chi connectivity index (χ3v) is 2.55. The van der Waals surface area contributed by atoms with Crippen molar-refractivity contribution in [2.75, 3.05) is 0 Å². The molecule has 0 aliphatic rings. The third kappa shape index (κ3) is 2.26. The first-order chi connectivity index (χ1) is 8.09. The number of aromatic nitrogens is 2. The van der Waals surface area contributed by atoms with E-state index in [0.29, 0.717) is 5.69 Å². The second kappa shape index (κ2) is 4.51. The highest BCUT2D eigenvalue weighted by atomic mass is 35.5. The van der Waals surface area contributed by atoms with Gasteiger partial charge in [0.25, 0.3) is 10.8 Å². The standard InChI is InChI=1S/C12H9ClN2O2/c1-15-12(17)9(11(13)16)7-10(14-15)8-5-3-2-4-6-8/h2-7H,1H3. The number of hydrogen-bond donors (Lipinski definition) is 0. The molecule has 1 aromatic heterocycles. The average molecular weight is 249 g/mol. The largest absolute Gasteiger partial charge is 0.278 e. The van der Waals surface area contributed by atoms with Gasteiger partial charge < -0.3 is 0 Å². The maximum Gasteiger partial charge on any atom is 0.278 e. The Balaban J connectivity index is 2.66. The van der Waals surface area contributed by atoms with Crippen molar-refractivity contribution in [3.8, 4) is 11.3 Å². The van der Waals surface area contributed by atoms with Crippen molar-refractivity contribution >= 4 is 16.8 Å². The summed E-state index contributed by atoms with van der Waals surface area (Å²) in [5.41, 5.74) is 0.798. The molecule has 0 radical (unpaired) electrons. The minimum absolute atomic E-state index is 0.0666. The first-order valence-corrected chi connectivity index (χ1v) is 5.31. The number of carbonyl (C=O) groups excluding carboxylic acids is 1. The maximum absolute atomic E-state index is 11.6. The van der Waals surface area contributed by atoms with Crippen LogP contribution in [0.15, 0.2) is 41.2 Å². The van der Waals surface area contributed by atoms with Crippen LogP contribution in [0.25, 0.3) is 11.3 Å². The van der Waals surface area contributed by atoms with Gasteiger partial charge in [-0.05, 0) is 17.7 Å². The van der Waals surface area contributed by atoms with Crippen LogP contribution in [0.3, 0.4) is 0 Å². The summed E-state index contributed by atoms with van der Waals surface area (Å²) in [5, 5.41) is 3.31. The molecule has 4 nitrogen and oxygen atoms in total. The van der Waals surface area contributed by atoms with Gasteiger partial charge in [-0.25, -0.2) is 4.68 Å². The number of hydrogen-bond acceptors (Lipinski definition) is 3. The van der Waals surface area contributed by atoms with Gasteiger partial charge in [-0.15, -0.1) is 0 Å². The van der Waals surface area contributed by atoms with Gasteiger partial charge in [0, 0.05) is 12.6 Å². The van der Waals surface area contributed by atoms with E-state index in [1.807, 2.05) is 30.3 Å². The van der Waals surface area contributed by atoms with Gasteiger partial charge in [-0.3, -0.25) is 9.59 Å². The number of carbonyl (C=O) groups is 1. The normalized spacial score (nSPS) is 10.2. The van der Waals surface area contributed by atoms with E-state index < -0.39 is 10.8 Å². The molecule has 2 rings (SSSR count). The van der Waals surface area contributed by atoms with Crippen LogP contribution in [0.4, 0.5) is 0 Å². The zero-order valence-electron chi connectivity index (χ0n) is 9.05. The van der Waals surface area contributed by atoms with Gasteiger partial charge in [0.1, 0.15) is 5.56 Å². The molecule has 0 saturated carbocycles. The molecule has 86 valence electrons. The minimum atomic E-state index is -0.773. The lowest BCUT2D eigenvalue weighted by Crippen LogP contribution is -2.25. The molecule has 2 aromatic rings. The van der Waals surface area contributed by atoms with Crippen LogP contribution in [0.2, 0.25) is 0 Å². The molecule has 0 unspecified atom stereocenters. The molecule has 0 spiro atoms. The van der Waals surface area contributed by atoms with Gasteiger partial charge in [0.15, 0.2) is 0 Å². The highest BCUT2D eigenvalue weighted by Crippen LogP contribution is 2.16. The van der Waals surface area contributed by atoms with Gasteiger partial charge in [0.2, 0.25) is 0 Å². The summed E-state index contributed by atoms with van der Waals surface area (Å²) in [4.78, 5) is 22.7. The third-order valence-electron chi connectivity index (χ3n) is 2.34. The van der Waals surface area contributed by atoms with Crippen LogP contribution < -0.4 is 5.56 Å². The van der Waals surface area contributed by atoms with Crippen molar-refractivity contribution in [2.24, 2.45) is 7.05 Å². The van der Waals surface area contributed by atoms with Crippen molar-refractivity contribution in [1.82, 2.24) is 9.78 Å². The maximum atomic E-state index is 11.6. The van der Waals surface area contributed by atoms with E-state index >= 15 is 0 Å². The molecule has 17 heavy (non-hydrogen) atoms. The Hall–Kier alpha value is -1.94. The summed E-state index contributed by atoms with van der Waals surface area (Å²) in [5.74, 6) is 0. The van der Waals surface area contributed by atoms with Crippen LogP contribution in [0, 0.1) is 0 Å². The second-order valence-electron chi connectivity index (χ2n) is 3.51. The monoisotopic (exact) mass is 248 g/mol. The quantitative estimate of drug-likeness (QED) is 0.762. The predicted octanol–water partition coefficient (Wildman–Crippen LogP) is 1.83. The summed E-state index contributed by atoms with van der Waals surface area (Å²) in [6, 6.07) is 10.7. The first-order valence-electron chi connectivity index (χ1n) is 4.93. The lowest BCUT2D eigenvalue weighted by atomic mass is 10.1. The molecular formula is C12H9ClN2O2. The van der Waals surface area contributed by atoms with E-state index in [0.717, 1.165) is 10.2 Å². The lowest BCUT2D eigenvalue weighted by molar-refractivity contribution is 0.107. The first kappa shape index (κ1) is 11.5. The van der Waals surface area contributed by atoms with E-state index in [9.17, 15) is 9.59 Å². The molecule has 0 aliphatic heterocycles. The zero-order chi connectivity index (χ0) is 12.4. The highest BCUT2D eigenvalue weighted by Gasteiger charge is 2.12. The minimum Gasteiger partial charge on any atom is -0.275 e. The van der Waals surface area contributed by atoms with Crippen molar-refractivity contribution in [2.45, 2.75) is 0 Å². The zero-order valence-corrected chi connectivity index (χ0v) is 9.81. The second-order valence-corrected chi connectivity index (χ2v) is 3.86. The van der Waals surface area contributed by atoms with Crippen molar-refractivity contribution in [3.63, 3.8) is 0 Å². The fourth-order valence-electron chi connectivity index (χ4n) is 1.50. The van der Waals surface area contributed by atoms with Gasteiger partial charge >= 0.3 is 0 Å². The fourth-order valence-corrected chi connectivity index (χ4v) is 1.63. The molecule has 5 heteroatoms. The molecule has 0 N–H and O–H groups in total. The Morgan fingerprint density at radius 1 is 1.29 bits per heavy atom. The summed E-state index contributed by atoms with van der Waals surface area (Å²) >= 11 is 5.36. The average Bonchev–Trinajstić information content (AvgIpc) is 2.33. The molecule has 0 amide bonds. The van der Waals surface area contributed by atoms with E-state index in [2.05, 4.69) is 5.10 Å². The number of benzene rings is 1. The Morgan fingerprint density at radius 3 is 2.53 bits per heavy atom. The summed E-state index contributed by atoms with van der Waals surface area (Å²) in [6.45, 7) is 0. The van der Waals surface area contributed by atoms with Gasteiger partial charge in [0.05, 0.1) is 5.69 Å². The molecular weight excluding hydrogens is 240 g/mol. The Labute approximate surface area is 102 Å². The number of rotatable bonds is 2. The molecule has 0 atom stereocenters. The molecule has 0 fully saturated rings. The Kier molecular flexibility index (Phi) is 3.06. The highest BCUT2D eigenvalue weighted by molar-refractivity contribution is 6.67. The predicted molar refractivity (Wildman–Crippen MR) is 65.1 cm³/mol. The van der Waals surface area contributed by atoms with E-state index in [1.54, 1.807) is 0 Å². The number of aryl methyl sites for hydroxylation is 1. The van der Waals surface area contributed by atoms with E-state index in [1.165, 1.54) is 13.1 Å². The van der Waals surface area contributed by atoms with Crippen LogP contribution in [0.5, 0.6) is 0 Å². The van der Waals surface area contributed by atoms with Crippen molar-refractivity contribution < 1.29 is 4.79 Å². The Bertz CT molecular complexity index is 620. The number of nitrogens with zero attached hydrogens (tertiary/aromatic N) is 2. The van der Waals surface area contributed by atoms with Crippen LogP contribution in [0.1, 0.15) is 10.4 Å². The molecule has 1 heterocycles. The van der Waals surface area contributed by atoms with E-state index in [-0.39, 0.29) is 5.56 Å². The fraction of sp³-hybridized carbons (Fsp3) is 0.0833. The SMILES string of the molecule is Cn1nc(-c2ccccc2)cc(C(=O)Cl)c1=O. The Morgan fingerprint density at radius 2 is 1.94 bits per heavy atom. The molecule has 0 bridgehead atoms. The number of halogens is 1. The van der Waals surface area contributed by atoms with Crippen LogP contribution >= 0.6 is 11.6 Å². The van der Waals surface area contributed by atoms with Crippen LogP contribution in [-0.2, 0) is 7.05 Å². The molecule has 0 saturated heterocycles. The van der Waals surface area contributed by atoms with Crippen LogP contribution in [-0.4, -0.2) is 15.0 Å². The van der Waals surface area contributed by atoms with Gasteiger partial charge in [-0.1, -0.05) is 30.3 Å². The van der Waals surface area contributed by atoms with Crippen molar-refractivity contribution in [1.29, 1.82) is 0 Å². The van der Waals surface area contributed by atoms with Crippen molar-refractivity contribution in [3.05, 3.63) is 52.3 Å². The molecule has 0 aliphatic carbocycles. The summed E-state index contributed by atoms with van der Waals surface area (Å²) in [7, 11) is 1.48. The topological polar surface area (TPSA) is 52.0 Å². The lowest BCUT2D eigenvalue weighted by Gasteiger charge is -2.04.